The zero-order valence-corrected chi connectivity index (χ0v) is 14.2. The van der Waals surface area contributed by atoms with Crippen LogP contribution in [-0.2, 0) is 0 Å². The highest BCUT2D eigenvalue weighted by Gasteiger charge is 2.14. The van der Waals surface area contributed by atoms with Crippen molar-refractivity contribution in [2.45, 2.75) is 6.92 Å². The van der Waals surface area contributed by atoms with Crippen LogP contribution in [0.5, 0.6) is 0 Å². The van der Waals surface area contributed by atoms with Gasteiger partial charge in [0.2, 0.25) is 0 Å². The van der Waals surface area contributed by atoms with Gasteiger partial charge < -0.3 is 0 Å². The van der Waals surface area contributed by atoms with Gasteiger partial charge in [-0.1, -0.05) is 39.7 Å². The molecule has 3 aromatic rings. The first-order valence-corrected chi connectivity index (χ1v) is 8.22. The summed E-state index contributed by atoms with van der Waals surface area (Å²) in [6, 6.07) is 12.6. The summed E-state index contributed by atoms with van der Waals surface area (Å²) in [5.74, 6) is -0.349. The first kappa shape index (κ1) is 14.7. The molecule has 2 aromatic carbocycles. The molecule has 0 spiro atoms. The van der Waals surface area contributed by atoms with Crippen molar-refractivity contribution >= 4 is 38.9 Å². The minimum atomic E-state index is -0.349. The van der Waals surface area contributed by atoms with E-state index in [9.17, 15) is 4.39 Å². The van der Waals surface area contributed by atoms with Crippen LogP contribution in [0.3, 0.4) is 0 Å². The molecule has 1 aromatic heterocycles. The molecular formula is C16H10BrClFNS. The summed E-state index contributed by atoms with van der Waals surface area (Å²) in [4.78, 5) is 5.65. The third kappa shape index (κ3) is 3.03. The molecule has 0 aliphatic rings. The maximum absolute atomic E-state index is 14.0. The molecule has 0 fully saturated rings. The van der Waals surface area contributed by atoms with Gasteiger partial charge in [-0.2, -0.15) is 0 Å². The quantitative estimate of drug-likeness (QED) is 0.504. The average Bonchev–Trinajstić information content (AvgIpc) is 2.81. The normalized spacial score (nSPS) is 10.9. The lowest BCUT2D eigenvalue weighted by atomic mass is 10.1. The van der Waals surface area contributed by atoms with Crippen LogP contribution < -0.4 is 0 Å². The van der Waals surface area contributed by atoms with Crippen LogP contribution in [0.4, 0.5) is 4.39 Å². The predicted octanol–water partition coefficient (Wildman–Crippen LogP) is 6.34. The molecule has 0 saturated heterocycles. The lowest BCUT2D eigenvalue weighted by molar-refractivity contribution is 0.631. The number of halogens is 3. The second kappa shape index (κ2) is 5.87. The Balaban J connectivity index is 2.07. The Hall–Kier alpha value is -1.23. The second-order valence-electron chi connectivity index (χ2n) is 4.55. The smallest absolute Gasteiger partial charge is 0.134 e. The molecule has 0 amide bonds. The van der Waals surface area contributed by atoms with E-state index in [1.54, 1.807) is 12.1 Å². The van der Waals surface area contributed by atoms with Crippen molar-refractivity contribution in [2.75, 3.05) is 0 Å². The van der Waals surface area contributed by atoms with Gasteiger partial charge in [0.05, 0.1) is 5.69 Å². The van der Waals surface area contributed by atoms with Crippen LogP contribution >= 0.6 is 38.9 Å². The molecule has 0 radical (unpaired) electrons. The average molecular weight is 383 g/mol. The van der Waals surface area contributed by atoms with E-state index in [-0.39, 0.29) is 5.82 Å². The van der Waals surface area contributed by atoms with E-state index in [2.05, 4.69) is 20.9 Å². The summed E-state index contributed by atoms with van der Waals surface area (Å²) in [7, 11) is 0. The van der Waals surface area contributed by atoms with E-state index in [0.717, 1.165) is 20.6 Å². The molecule has 0 N–H and O–H groups in total. The lowest BCUT2D eigenvalue weighted by Gasteiger charge is -2.00. The van der Waals surface area contributed by atoms with Gasteiger partial charge in [0.1, 0.15) is 10.8 Å². The molecule has 1 heterocycles. The molecule has 5 heteroatoms. The van der Waals surface area contributed by atoms with Crippen LogP contribution in [0.15, 0.2) is 46.9 Å². The Kier molecular flexibility index (Phi) is 4.11. The van der Waals surface area contributed by atoms with E-state index < -0.39 is 0 Å². The Labute approximate surface area is 139 Å². The Bertz CT molecular complexity index is 799. The van der Waals surface area contributed by atoms with E-state index >= 15 is 0 Å². The van der Waals surface area contributed by atoms with E-state index in [1.165, 1.54) is 17.4 Å². The molecule has 3 rings (SSSR count). The first-order chi connectivity index (χ1) is 10.0. The minimum absolute atomic E-state index is 0.349. The van der Waals surface area contributed by atoms with Crippen LogP contribution in [0.25, 0.3) is 21.8 Å². The molecule has 0 unspecified atom stereocenters. The topological polar surface area (TPSA) is 12.9 Å². The van der Waals surface area contributed by atoms with Crippen LogP contribution in [0, 0.1) is 12.7 Å². The van der Waals surface area contributed by atoms with Gasteiger partial charge in [-0.15, -0.1) is 11.3 Å². The van der Waals surface area contributed by atoms with E-state index in [1.807, 2.05) is 31.2 Å². The molecule has 0 aliphatic heterocycles. The third-order valence-corrected chi connectivity index (χ3v) is 4.84. The number of aromatic nitrogens is 1. The van der Waals surface area contributed by atoms with E-state index in [0.29, 0.717) is 15.6 Å². The van der Waals surface area contributed by atoms with Crippen molar-refractivity contribution in [3.05, 3.63) is 62.7 Å². The largest absolute Gasteiger partial charge is 0.236 e. The number of aryl methyl sites for hydroxylation is 1. The zero-order chi connectivity index (χ0) is 15.0. The molecule has 106 valence electrons. The SMILES string of the molecule is Cc1sc(-c2ccc(Cl)cc2F)nc1-c1ccc(Br)cc1. The first-order valence-electron chi connectivity index (χ1n) is 6.23. The predicted molar refractivity (Wildman–Crippen MR) is 90.4 cm³/mol. The monoisotopic (exact) mass is 381 g/mol. The summed E-state index contributed by atoms with van der Waals surface area (Å²) in [5.41, 5.74) is 2.39. The maximum atomic E-state index is 14.0. The lowest BCUT2D eigenvalue weighted by Crippen LogP contribution is -1.84. The van der Waals surface area contributed by atoms with Gasteiger partial charge in [0.15, 0.2) is 0 Å². The van der Waals surface area contributed by atoms with Gasteiger partial charge in [0.25, 0.3) is 0 Å². The van der Waals surface area contributed by atoms with Crippen molar-refractivity contribution < 1.29 is 4.39 Å². The van der Waals surface area contributed by atoms with Crippen LogP contribution in [-0.4, -0.2) is 4.98 Å². The van der Waals surface area contributed by atoms with Crippen molar-refractivity contribution in [2.24, 2.45) is 0 Å². The Morgan fingerprint density at radius 3 is 2.52 bits per heavy atom. The van der Waals surface area contributed by atoms with Crippen LogP contribution in [0.1, 0.15) is 4.88 Å². The number of rotatable bonds is 2. The summed E-state index contributed by atoms with van der Waals surface area (Å²) in [5, 5.41) is 1.05. The van der Waals surface area contributed by atoms with Gasteiger partial charge in [-0.25, -0.2) is 9.37 Å². The third-order valence-electron chi connectivity index (χ3n) is 3.08. The molecule has 21 heavy (non-hydrogen) atoms. The minimum Gasteiger partial charge on any atom is -0.236 e. The van der Waals surface area contributed by atoms with Crippen molar-refractivity contribution in [1.29, 1.82) is 0 Å². The van der Waals surface area contributed by atoms with Crippen molar-refractivity contribution in [1.82, 2.24) is 4.98 Å². The van der Waals surface area contributed by atoms with Crippen molar-refractivity contribution in [3.63, 3.8) is 0 Å². The highest BCUT2D eigenvalue weighted by Crippen LogP contribution is 2.35. The maximum Gasteiger partial charge on any atom is 0.134 e. The van der Waals surface area contributed by atoms with Gasteiger partial charge in [-0.3, -0.25) is 0 Å². The number of thiazole rings is 1. The Morgan fingerprint density at radius 1 is 1.14 bits per heavy atom. The second-order valence-corrected chi connectivity index (χ2v) is 7.11. The molecular weight excluding hydrogens is 373 g/mol. The summed E-state index contributed by atoms with van der Waals surface area (Å²) < 4.78 is 15.0. The highest BCUT2D eigenvalue weighted by molar-refractivity contribution is 9.10. The van der Waals surface area contributed by atoms with Gasteiger partial charge in [-0.05, 0) is 37.3 Å². The van der Waals surface area contributed by atoms with E-state index in [4.69, 9.17) is 11.6 Å². The summed E-state index contributed by atoms with van der Waals surface area (Å²) in [6.45, 7) is 1.99. The van der Waals surface area contributed by atoms with Crippen molar-refractivity contribution in [3.8, 4) is 21.8 Å². The van der Waals surface area contributed by atoms with Gasteiger partial charge in [0, 0.05) is 25.5 Å². The molecule has 0 saturated carbocycles. The molecule has 0 aliphatic carbocycles. The standard InChI is InChI=1S/C16H10BrClFNS/c1-9-15(10-2-4-11(17)5-3-10)20-16(21-9)13-7-6-12(18)8-14(13)19/h2-8H,1H3. The molecule has 1 nitrogen and oxygen atoms in total. The number of benzene rings is 2. The Morgan fingerprint density at radius 2 is 1.86 bits per heavy atom. The fraction of sp³-hybridized carbons (Fsp3) is 0.0625. The fourth-order valence-electron chi connectivity index (χ4n) is 2.05. The summed E-state index contributed by atoms with van der Waals surface area (Å²) >= 11 is 10.7. The number of nitrogens with zero attached hydrogens (tertiary/aromatic N) is 1. The number of hydrogen-bond acceptors (Lipinski definition) is 2. The summed E-state index contributed by atoms with van der Waals surface area (Å²) in [6.07, 6.45) is 0. The van der Waals surface area contributed by atoms with Crippen LogP contribution in [0.2, 0.25) is 5.02 Å². The molecule has 0 bridgehead atoms. The highest BCUT2D eigenvalue weighted by atomic mass is 79.9. The number of hydrogen-bond donors (Lipinski definition) is 0. The fourth-order valence-corrected chi connectivity index (χ4v) is 3.44. The van der Waals surface area contributed by atoms with Gasteiger partial charge >= 0.3 is 0 Å². The zero-order valence-electron chi connectivity index (χ0n) is 11.0. The molecule has 0 atom stereocenters.